The second kappa shape index (κ2) is 6.20. The molecule has 0 bridgehead atoms. The molecule has 0 saturated heterocycles. The van der Waals surface area contributed by atoms with Gasteiger partial charge in [0, 0.05) is 0 Å². The molecule has 1 rings (SSSR count). The SMILES string of the molecule is CCS(=O)(=O)c1ccc([C@H](CC#N)OC(N)=O)cc1. The van der Waals surface area contributed by atoms with Gasteiger partial charge in [0.25, 0.3) is 0 Å². The Morgan fingerprint density at radius 1 is 1.42 bits per heavy atom. The summed E-state index contributed by atoms with van der Waals surface area (Å²) < 4.78 is 28.1. The molecule has 1 amide bonds. The normalized spacial score (nSPS) is 12.4. The molecule has 0 aliphatic rings. The number of ether oxygens (including phenoxy) is 1. The third-order valence-electron chi connectivity index (χ3n) is 2.53. The minimum atomic E-state index is -3.27. The number of hydrogen-bond donors (Lipinski definition) is 1. The van der Waals surface area contributed by atoms with Crippen molar-refractivity contribution in [3.63, 3.8) is 0 Å². The predicted molar refractivity (Wildman–Crippen MR) is 67.8 cm³/mol. The number of hydrogen-bond acceptors (Lipinski definition) is 5. The summed E-state index contributed by atoms with van der Waals surface area (Å²) in [5, 5.41) is 8.65. The number of carbonyl (C=O) groups excluding carboxylic acids is 1. The van der Waals surface area contributed by atoms with E-state index in [0.29, 0.717) is 5.56 Å². The number of nitrogens with zero attached hydrogens (tertiary/aromatic N) is 1. The molecule has 0 aromatic heterocycles. The average molecular weight is 282 g/mol. The molecular weight excluding hydrogens is 268 g/mol. The quantitative estimate of drug-likeness (QED) is 0.880. The molecule has 1 aromatic carbocycles. The summed E-state index contributed by atoms with van der Waals surface area (Å²) in [6, 6.07) is 7.73. The smallest absolute Gasteiger partial charge is 0.405 e. The van der Waals surface area contributed by atoms with Gasteiger partial charge in [0.2, 0.25) is 0 Å². The maximum absolute atomic E-state index is 11.6. The van der Waals surface area contributed by atoms with Gasteiger partial charge in [-0.1, -0.05) is 19.1 Å². The number of carbonyl (C=O) groups is 1. The van der Waals surface area contributed by atoms with Crippen molar-refractivity contribution < 1.29 is 17.9 Å². The van der Waals surface area contributed by atoms with Crippen molar-refractivity contribution in [2.24, 2.45) is 5.73 Å². The van der Waals surface area contributed by atoms with E-state index in [-0.39, 0.29) is 17.1 Å². The molecule has 0 unspecified atom stereocenters. The Hall–Kier alpha value is -2.07. The Bertz CT molecular complexity index is 587. The fourth-order valence-electron chi connectivity index (χ4n) is 1.51. The van der Waals surface area contributed by atoms with E-state index in [2.05, 4.69) is 0 Å². The van der Waals surface area contributed by atoms with Crippen LogP contribution in [-0.4, -0.2) is 20.3 Å². The van der Waals surface area contributed by atoms with Gasteiger partial charge in [0.15, 0.2) is 9.84 Å². The van der Waals surface area contributed by atoms with Gasteiger partial charge in [-0.05, 0) is 17.7 Å². The van der Waals surface area contributed by atoms with Crippen LogP contribution in [0.3, 0.4) is 0 Å². The number of rotatable bonds is 5. The zero-order valence-corrected chi connectivity index (χ0v) is 11.2. The van der Waals surface area contributed by atoms with Gasteiger partial charge >= 0.3 is 6.09 Å². The summed E-state index contributed by atoms with van der Waals surface area (Å²) in [4.78, 5) is 10.9. The molecule has 0 saturated carbocycles. The van der Waals surface area contributed by atoms with Crippen LogP contribution in [0.25, 0.3) is 0 Å². The van der Waals surface area contributed by atoms with Crippen LogP contribution >= 0.6 is 0 Å². The van der Waals surface area contributed by atoms with Crippen LogP contribution in [-0.2, 0) is 14.6 Å². The molecule has 0 spiro atoms. The highest BCUT2D eigenvalue weighted by molar-refractivity contribution is 7.91. The largest absolute Gasteiger partial charge is 0.440 e. The Kier molecular flexibility index (Phi) is 4.89. The van der Waals surface area contributed by atoms with Crippen molar-refractivity contribution in [1.82, 2.24) is 0 Å². The van der Waals surface area contributed by atoms with Gasteiger partial charge in [-0.3, -0.25) is 0 Å². The van der Waals surface area contributed by atoms with Crippen LogP contribution in [0.4, 0.5) is 4.79 Å². The average Bonchev–Trinajstić information content (AvgIpc) is 2.38. The molecule has 0 fully saturated rings. The molecule has 2 N–H and O–H groups in total. The first-order valence-electron chi connectivity index (χ1n) is 5.56. The lowest BCUT2D eigenvalue weighted by molar-refractivity contribution is 0.109. The summed E-state index contributed by atoms with van der Waals surface area (Å²) >= 11 is 0. The number of amides is 1. The van der Waals surface area contributed by atoms with Crippen LogP contribution in [0, 0.1) is 11.3 Å². The van der Waals surface area contributed by atoms with Crippen molar-refractivity contribution in [1.29, 1.82) is 5.26 Å². The van der Waals surface area contributed by atoms with E-state index in [0.717, 1.165) is 0 Å². The molecule has 19 heavy (non-hydrogen) atoms. The van der Waals surface area contributed by atoms with E-state index in [1.54, 1.807) is 6.92 Å². The Morgan fingerprint density at radius 3 is 2.42 bits per heavy atom. The van der Waals surface area contributed by atoms with E-state index >= 15 is 0 Å². The molecule has 0 radical (unpaired) electrons. The van der Waals surface area contributed by atoms with Crippen LogP contribution in [0.1, 0.15) is 25.0 Å². The molecule has 1 aromatic rings. The standard InChI is InChI=1S/C12H14N2O4S/c1-2-19(16,17)10-5-3-9(4-6-10)11(7-8-13)18-12(14)15/h3-6,11H,2,7H2,1H3,(H2,14,15)/t11-/m0/s1. The first kappa shape index (κ1) is 15.0. The third kappa shape index (κ3) is 3.96. The summed E-state index contributed by atoms with van der Waals surface area (Å²) in [7, 11) is -3.27. The van der Waals surface area contributed by atoms with Crippen molar-refractivity contribution in [2.45, 2.75) is 24.3 Å². The summed E-state index contributed by atoms with van der Waals surface area (Å²) in [5.74, 6) is 0.00571. The molecule has 102 valence electrons. The number of nitriles is 1. The van der Waals surface area contributed by atoms with Crippen molar-refractivity contribution in [2.75, 3.05) is 5.75 Å². The number of sulfone groups is 1. The first-order chi connectivity index (χ1) is 8.90. The molecule has 0 heterocycles. The van der Waals surface area contributed by atoms with Crippen LogP contribution in [0.15, 0.2) is 29.2 Å². The highest BCUT2D eigenvalue weighted by atomic mass is 32.2. The first-order valence-corrected chi connectivity index (χ1v) is 7.21. The maximum Gasteiger partial charge on any atom is 0.405 e. The van der Waals surface area contributed by atoms with E-state index in [9.17, 15) is 13.2 Å². The van der Waals surface area contributed by atoms with Gasteiger partial charge in [0.05, 0.1) is 23.1 Å². The Labute approximate surface area is 111 Å². The van der Waals surface area contributed by atoms with Gasteiger partial charge in [0.1, 0.15) is 6.10 Å². The van der Waals surface area contributed by atoms with Gasteiger partial charge in [-0.25, -0.2) is 13.2 Å². The second-order valence-corrected chi connectivity index (χ2v) is 6.04. The molecule has 7 heteroatoms. The maximum atomic E-state index is 11.6. The van der Waals surface area contributed by atoms with E-state index in [1.807, 2.05) is 6.07 Å². The molecule has 0 aliphatic carbocycles. The van der Waals surface area contributed by atoms with Crippen molar-refractivity contribution >= 4 is 15.9 Å². The molecule has 6 nitrogen and oxygen atoms in total. The van der Waals surface area contributed by atoms with Gasteiger partial charge < -0.3 is 10.5 Å². The monoisotopic (exact) mass is 282 g/mol. The van der Waals surface area contributed by atoms with Gasteiger partial charge in [-0.2, -0.15) is 5.26 Å². The Morgan fingerprint density at radius 2 is 2.00 bits per heavy atom. The third-order valence-corrected chi connectivity index (χ3v) is 4.28. The van der Waals surface area contributed by atoms with Crippen molar-refractivity contribution in [3.05, 3.63) is 29.8 Å². The minimum absolute atomic E-state index is 0.00571. The van der Waals surface area contributed by atoms with Crippen LogP contribution in [0.2, 0.25) is 0 Å². The van der Waals surface area contributed by atoms with Crippen LogP contribution in [0.5, 0.6) is 0 Å². The van der Waals surface area contributed by atoms with Crippen LogP contribution < -0.4 is 5.73 Å². The highest BCUT2D eigenvalue weighted by Crippen LogP contribution is 2.22. The molecule has 0 aliphatic heterocycles. The summed E-state index contributed by atoms with van der Waals surface area (Å²) in [6.45, 7) is 1.55. The van der Waals surface area contributed by atoms with E-state index in [4.69, 9.17) is 15.7 Å². The van der Waals surface area contributed by atoms with E-state index in [1.165, 1.54) is 24.3 Å². The summed E-state index contributed by atoms with van der Waals surface area (Å²) in [6.07, 6.45) is -1.82. The second-order valence-electron chi connectivity index (χ2n) is 3.76. The number of primary amides is 1. The number of nitrogens with two attached hydrogens (primary N) is 1. The summed E-state index contributed by atoms with van der Waals surface area (Å²) in [5.41, 5.74) is 5.44. The minimum Gasteiger partial charge on any atom is -0.440 e. The van der Waals surface area contributed by atoms with Crippen molar-refractivity contribution in [3.8, 4) is 6.07 Å². The fraction of sp³-hybridized carbons (Fsp3) is 0.333. The fourth-order valence-corrected chi connectivity index (χ4v) is 2.39. The Balaban J connectivity index is 3.02. The lowest BCUT2D eigenvalue weighted by Crippen LogP contribution is -2.17. The lowest BCUT2D eigenvalue weighted by Gasteiger charge is -2.14. The van der Waals surface area contributed by atoms with E-state index < -0.39 is 22.0 Å². The lowest BCUT2D eigenvalue weighted by atomic mass is 10.1. The zero-order valence-electron chi connectivity index (χ0n) is 10.4. The zero-order chi connectivity index (χ0) is 14.5. The topological polar surface area (TPSA) is 110 Å². The molecular formula is C12H14N2O4S. The highest BCUT2D eigenvalue weighted by Gasteiger charge is 2.17. The molecule has 1 atom stereocenters. The predicted octanol–water partition coefficient (Wildman–Crippen LogP) is 1.53. The number of benzene rings is 1. The van der Waals surface area contributed by atoms with Gasteiger partial charge in [-0.15, -0.1) is 0 Å².